The van der Waals surface area contributed by atoms with Gasteiger partial charge in [-0.3, -0.25) is 4.79 Å². The molecule has 1 aromatic carbocycles. The topological polar surface area (TPSA) is 97.3 Å². The highest BCUT2D eigenvalue weighted by atomic mass is 32.1. The van der Waals surface area contributed by atoms with Crippen LogP contribution in [0.1, 0.15) is 18.7 Å². The number of likely N-dealkylation sites (tertiary alicyclic amines) is 1. The summed E-state index contributed by atoms with van der Waals surface area (Å²) >= 11 is 1.68. The summed E-state index contributed by atoms with van der Waals surface area (Å²) < 4.78 is 1.98. The molecule has 0 atom stereocenters. The predicted octanol–water partition coefficient (Wildman–Crippen LogP) is 3.01. The number of nitrogens with two attached hydrogens (primary N) is 1. The van der Waals surface area contributed by atoms with E-state index in [0.717, 1.165) is 40.8 Å². The Balaban J connectivity index is 1.69. The molecular formula is C21H21N5O2S. The second kappa shape index (κ2) is 7.13. The molecule has 0 saturated carbocycles. The third kappa shape index (κ3) is 3.04. The van der Waals surface area contributed by atoms with E-state index in [4.69, 9.17) is 10.7 Å². The van der Waals surface area contributed by atoms with Crippen molar-refractivity contribution in [3.63, 3.8) is 0 Å². The smallest absolute Gasteiger partial charge is 0.223 e. The van der Waals surface area contributed by atoms with Crippen LogP contribution in [0.5, 0.6) is 0 Å². The number of benzene rings is 1. The first-order valence-corrected chi connectivity index (χ1v) is 10.5. The zero-order valence-corrected chi connectivity index (χ0v) is 16.7. The highest BCUT2D eigenvalue weighted by Gasteiger charge is 2.24. The third-order valence-corrected chi connectivity index (χ3v) is 6.33. The summed E-state index contributed by atoms with van der Waals surface area (Å²) in [6, 6.07) is 10.3. The van der Waals surface area contributed by atoms with Crippen molar-refractivity contribution >= 4 is 45.0 Å². The lowest BCUT2D eigenvalue weighted by atomic mass is 10.1. The van der Waals surface area contributed by atoms with Gasteiger partial charge in [-0.15, -0.1) is 11.3 Å². The fourth-order valence-electron chi connectivity index (χ4n) is 4.06. The molecule has 0 aliphatic carbocycles. The van der Waals surface area contributed by atoms with Crippen LogP contribution in [0, 0.1) is 0 Å². The monoisotopic (exact) mass is 407 g/mol. The van der Waals surface area contributed by atoms with E-state index in [-0.39, 0.29) is 12.5 Å². The molecule has 1 aliphatic heterocycles. The number of amides is 1. The average molecular weight is 407 g/mol. The highest BCUT2D eigenvalue weighted by molar-refractivity contribution is 7.13. The Bertz CT molecular complexity index is 1220. The van der Waals surface area contributed by atoms with Crippen molar-refractivity contribution in [2.45, 2.75) is 25.9 Å². The van der Waals surface area contributed by atoms with E-state index < -0.39 is 0 Å². The van der Waals surface area contributed by atoms with Crippen LogP contribution >= 0.6 is 11.3 Å². The molecule has 0 radical (unpaired) electrons. The molecule has 4 aromatic rings. The summed E-state index contributed by atoms with van der Waals surface area (Å²) in [6.07, 6.45) is 1.45. The SMILES string of the molecule is Nc1nc2cc(-c3cccs3)ccc2c2c1nc(CN1CCCC1=O)n2CCO. The van der Waals surface area contributed by atoms with Crippen LogP contribution in [0.2, 0.25) is 0 Å². The number of hydrogen-bond acceptors (Lipinski definition) is 6. The molecule has 0 spiro atoms. The molecular weight excluding hydrogens is 386 g/mol. The molecule has 4 heterocycles. The van der Waals surface area contributed by atoms with E-state index in [1.807, 2.05) is 33.0 Å². The maximum atomic E-state index is 12.1. The Kier molecular flexibility index (Phi) is 4.44. The third-order valence-electron chi connectivity index (χ3n) is 5.42. The molecule has 1 amide bonds. The van der Waals surface area contributed by atoms with Gasteiger partial charge in [-0.25, -0.2) is 9.97 Å². The van der Waals surface area contributed by atoms with Crippen LogP contribution in [-0.2, 0) is 17.9 Å². The Hall–Kier alpha value is -2.97. The van der Waals surface area contributed by atoms with Gasteiger partial charge >= 0.3 is 0 Å². The fourth-order valence-corrected chi connectivity index (χ4v) is 4.78. The lowest BCUT2D eigenvalue weighted by Gasteiger charge is -2.16. The van der Waals surface area contributed by atoms with Crippen LogP contribution in [-0.4, -0.2) is 43.6 Å². The van der Waals surface area contributed by atoms with Gasteiger partial charge in [0, 0.05) is 29.8 Å². The van der Waals surface area contributed by atoms with Gasteiger partial charge in [0.15, 0.2) is 5.82 Å². The molecule has 7 nitrogen and oxygen atoms in total. The standard InChI is InChI=1S/C21H21N5O2S/c22-21-19-20(14-6-5-13(11-15(14)23-21)16-3-2-10-29-16)26(8-9-27)17(24-19)12-25-7-1-4-18(25)28/h2-3,5-6,10-11,27H,1,4,7-9,12H2,(H2,22,23). The van der Waals surface area contributed by atoms with Crippen molar-refractivity contribution in [3.8, 4) is 10.4 Å². The molecule has 1 saturated heterocycles. The summed E-state index contributed by atoms with van der Waals surface area (Å²) in [4.78, 5) is 24.4. The Labute approximate surface area is 171 Å². The number of pyridine rings is 1. The minimum absolute atomic E-state index is 0.0244. The number of imidazole rings is 1. The van der Waals surface area contributed by atoms with Gasteiger partial charge in [-0.05, 0) is 35.6 Å². The van der Waals surface area contributed by atoms with Crippen molar-refractivity contribution in [1.82, 2.24) is 19.4 Å². The summed E-state index contributed by atoms with van der Waals surface area (Å²) in [5.74, 6) is 1.23. The van der Waals surface area contributed by atoms with E-state index in [0.29, 0.717) is 30.8 Å². The Morgan fingerprint density at radius 3 is 2.86 bits per heavy atom. The summed E-state index contributed by atoms with van der Waals surface area (Å²) in [5, 5.41) is 12.7. The normalized spacial score (nSPS) is 14.5. The number of nitrogen functional groups attached to an aromatic ring is 1. The number of carbonyl (C=O) groups excluding carboxylic acids is 1. The maximum Gasteiger partial charge on any atom is 0.223 e. The number of aliphatic hydroxyl groups excluding tert-OH is 1. The van der Waals surface area contributed by atoms with Crippen LogP contribution in [0.15, 0.2) is 35.7 Å². The molecule has 1 fully saturated rings. The van der Waals surface area contributed by atoms with Crippen LogP contribution < -0.4 is 5.73 Å². The number of nitrogens with zero attached hydrogens (tertiary/aromatic N) is 4. The number of anilines is 1. The molecule has 1 aliphatic rings. The molecule has 0 unspecified atom stereocenters. The van der Waals surface area contributed by atoms with E-state index >= 15 is 0 Å². The van der Waals surface area contributed by atoms with Crippen LogP contribution in [0.3, 0.4) is 0 Å². The second-order valence-corrected chi connectivity index (χ2v) is 8.17. The number of aromatic nitrogens is 3. The number of fused-ring (bicyclic) bond motifs is 3. The molecule has 148 valence electrons. The molecule has 29 heavy (non-hydrogen) atoms. The minimum Gasteiger partial charge on any atom is -0.395 e. The van der Waals surface area contributed by atoms with Gasteiger partial charge < -0.3 is 20.3 Å². The predicted molar refractivity (Wildman–Crippen MR) is 114 cm³/mol. The maximum absolute atomic E-state index is 12.1. The number of thiophene rings is 1. The van der Waals surface area contributed by atoms with Gasteiger partial charge in [0.25, 0.3) is 0 Å². The van der Waals surface area contributed by atoms with Gasteiger partial charge in [-0.2, -0.15) is 0 Å². The van der Waals surface area contributed by atoms with E-state index in [2.05, 4.69) is 17.1 Å². The number of aliphatic hydroxyl groups is 1. The minimum atomic E-state index is -0.0244. The summed E-state index contributed by atoms with van der Waals surface area (Å²) in [7, 11) is 0. The molecule has 8 heteroatoms. The fraction of sp³-hybridized carbons (Fsp3) is 0.286. The summed E-state index contributed by atoms with van der Waals surface area (Å²) in [6.45, 7) is 1.52. The number of carbonyl (C=O) groups is 1. The van der Waals surface area contributed by atoms with E-state index in [9.17, 15) is 9.90 Å². The highest BCUT2D eigenvalue weighted by Crippen LogP contribution is 2.33. The zero-order valence-electron chi connectivity index (χ0n) is 15.8. The van der Waals surface area contributed by atoms with Crippen molar-refractivity contribution in [2.24, 2.45) is 0 Å². The van der Waals surface area contributed by atoms with E-state index in [1.165, 1.54) is 4.88 Å². The molecule has 3 aromatic heterocycles. The van der Waals surface area contributed by atoms with E-state index in [1.54, 1.807) is 11.3 Å². The Morgan fingerprint density at radius 2 is 2.14 bits per heavy atom. The summed E-state index contributed by atoms with van der Waals surface area (Å²) in [5.41, 5.74) is 9.65. The van der Waals surface area contributed by atoms with Crippen molar-refractivity contribution < 1.29 is 9.90 Å². The largest absolute Gasteiger partial charge is 0.395 e. The Morgan fingerprint density at radius 1 is 1.24 bits per heavy atom. The molecule has 3 N–H and O–H groups in total. The number of rotatable bonds is 5. The van der Waals surface area contributed by atoms with Crippen molar-refractivity contribution in [2.75, 3.05) is 18.9 Å². The lowest BCUT2D eigenvalue weighted by molar-refractivity contribution is -0.128. The first-order valence-electron chi connectivity index (χ1n) is 9.66. The first kappa shape index (κ1) is 18.1. The van der Waals surface area contributed by atoms with Crippen LogP contribution in [0.25, 0.3) is 32.4 Å². The van der Waals surface area contributed by atoms with Crippen molar-refractivity contribution in [1.29, 1.82) is 0 Å². The van der Waals surface area contributed by atoms with Crippen LogP contribution in [0.4, 0.5) is 5.82 Å². The zero-order chi connectivity index (χ0) is 20.0. The lowest BCUT2D eigenvalue weighted by Crippen LogP contribution is -2.26. The van der Waals surface area contributed by atoms with Gasteiger partial charge in [0.2, 0.25) is 5.91 Å². The quantitative estimate of drug-likeness (QED) is 0.530. The number of hydrogen-bond donors (Lipinski definition) is 2. The van der Waals surface area contributed by atoms with Gasteiger partial charge in [-0.1, -0.05) is 12.1 Å². The molecule has 0 bridgehead atoms. The van der Waals surface area contributed by atoms with Crippen molar-refractivity contribution in [3.05, 3.63) is 41.5 Å². The van der Waals surface area contributed by atoms with Gasteiger partial charge in [0.1, 0.15) is 11.3 Å². The average Bonchev–Trinajstić information content (AvgIpc) is 3.45. The van der Waals surface area contributed by atoms with Gasteiger partial charge in [0.05, 0.1) is 24.2 Å². The second-order valence-electron chi connectivity index (χ2n) is 7.23. The molecule has 5 rings (SSSR count). The first-order chi connectivity index (χ1) is 14.2.